The molecule has 1 aromatic carbocycles. The lowest BCUT2D eigenvalue weighted by Gasteiger charge is -2.23. The van der Waals surface area contributed by atoms with Crippen LogP contribution in [0.25, 0.3) is 0 Å². The Kier molecular flexibility index (Phi) is 3.94. The van der Waals surface area contributed by atoms with Gasteiger partial charge < -0.3 is 9.47 Å². The molecular formula is C13H16F2O2. The first-order valence-corrected chi connectivity index (χ1v) is 5.93. The summed E-state index contributed by atoms with van der Waals surface area (Å²) in [7, 11) is 0. The Labute approximate surface area is 99.5 Å². The van der Waals surface area contributed by atoms with Crippen molar-refractivity contribution in [2.75, 3.05) is 13.2 Å². The van der Waals surface area contributed by atoms with Gasteiger partial charge in [0.05, 0.1) is 13.2 Å². The minimum absolute atomic E-state index is 0.00611. The van der Waals surface area contributed by atoms with Crippen LogP contribution in [0.1, 0.15) is 25.3 Å². The first kappa shape index (κ1) is 12.3. The van der Waals surface area contributed by atoms with Crippen molar-refractivity contribution in [2.24, 2.45) is 0 Å². The van der Waals surface area contributed by atoms with Gasteiger partial charge in [0.25, 0.3) is 0 Å². The van der Waals surface area contributed by atoms with Gasteiger partial charge in [0, 0.05) is 18.9 Å². The fraction of sp³-hybridized carbons (Fsp3) is 0.538. The molecule has 0 bridgehead atoms. The number of aryl methyl sites for hydroxylation is 1. The van der Waals surface area contributed by atoms with E-state index >= 15 is 0 Å². The van der Waals surface area contributed by atoms with Crippen LogP contribution in [0.15, 0.2) is 12.1 Å². The first-order valence-electron chi connectivity index (χ1n) is 5.93. The molecule has 1 heterocycles. The quantitative estimate of drug-likeness (QED) is 0.811. The number of benzene rings is 1. The number of hydrogen-bond acceptors (Lipinski definition) is 2. The summed E-state index contributed by atoms with van der Waals surface area (Å²) in [5.74, 6) is -0.891. The molecule has 0 radical (unpaired) electrons. The molecular weight excluding hydrogens is 226 g/mol. The van der Waals surface area contributed by atoms with E-state index in [-0.39, 0.29) is 11.9 Å². The molecule has 1 saturated heterocycles. The maximum absolute atomic E-state index is 13.6. The summed E-state index contributed by atoms with van der Waals surface area (Å²) < 4.78 is 37.8. The monoisotopic (exact) mass is 242 g/mol. The first-order chi connectivity index (χ1) is 8.20. The van der Waals surface area contributed by atoms with Gasteiger partial charge in [0.2, 0.25) is 0 Å². The summed E-state index contributed by atoms with van der Waals surface area (Å²) in [5.41, 5.74) is 0.377. The molecule has 2 nitrogen and oxygen atoms in total. The van der Waals surface area contributed by atoms with Crippen molar-refractivity contribution in [1.82, 2.24) is 0 Å². The number of halogens is 2. The van der Waals surface area contributed by atoms with Gasteiger partial charge in [0.15, 0.2) is 11.6 Å². The summed E-state index contributed by atoms with van der Waals surface area (Å²) in [6.45, 7) is 3.01. The highest BCUT2D eigenvalue weighted by molar-refractivity contribution is 5.31. The van der Waals surface area contributed by atoms with Crippen LogP contribution in [-0.4, -0.2) is 19.3 Å². The van der Waals surface area contributed by atoms with Gasteiger partial charge in [-0.15, -0.1) is 0 Å². The summed E-state index contributed by atoms with van der Waals surface area (Å²) in [6.07, 6.45) is 1.83. The fourth-order valence-corrected chi connectivity index (χ4v) is 1.90. The normalized spacial score (nSPS) is 17.1. The van der Waals surface area contributed by atoms with Gasteiger partial charge in [-0.1, -0.05) is 6.92 Å². The second-order valence-electron chi connectivity index (χ2n) is 4.16. The Bertz CT molecular complexity index is 387. The molecule has 0 saturated carbocycles. The number of hydrogen-bond donors (Lipinski definition) is 0. The van der Waals surface area contributed by atoms with Crippen molar-refractivity contribution in [2.45, 2.75) is 32.3 Å². The molecule has 0 aliphatic carbocycles. The molecule has 94 valence electrons. The summed E-state index contributed by atoms with van der Waals surface area (Å²) in [6, 6.07) is 2.35. The van der Waals surface area contributed by atoms with Crippen LogP contribution in [-0.2, 0) is 11.2 Å². The maximum Gasteiger partial charge on any atom is 0.165 e. The van der Waals surface area contributed by atoms with E-state index in [1.807, 2.05) is 0 Å². The van der Waals surface area contributed by atoms with E-state index in [0.29, 0.717) is 25.2 Å². The van der Waals surface area contributed by atoms with Crippen molar-refractivity contribution in [3.63, 3.8) is 0 Å². The predicted molar refractivity (Wildman–Crippen MR) is 60.2 cm³/mol. The third-order valence-electron chi connectivity index (χ3n) is 2.94. The summed E-state index contributed by atoms with van der Waals surface area (Å²) in [5, 5.41) is 0. The highest BCUT2D eigenvalue weighted by Crippen LogP contribution is 2.25. The van der Waals surface area contributed by atoms with Crippen LogP contribution in [0.5, 0.6) is 5.75 Å². The highest BCUT2D eigenvalue weighted by atomic mass is 19.1. The van der Waals surface area contributed by atoms with Crippen LogP contribution < -0.4 is 4.74 Å². The molecule has 0 amide bonds. The molecule has 1 aliphatic rings. The van der Waals surface area contributed by atoms with E-state index < -0.39 is 11.6 Å². The molecule has 0 atom stereocenters. The van der Waals surface area contributed by atoms with Crippen molar-refractivity contribution < 1.29 is 18.3 Å². The Morgan fingerprint density at radius 3 is 2.59 bits per heavy atom. The minimum Gasteiger partial charge on any atom is -0.487 e. The van der Waals surface area contributed by atoms with Crippen molar-refractivity contribution in [3.05, 3.63) is 29.3 Å². The fourth-order valence-electron chi connectivity index (χ4n) is 1.90. The van der Waals surface area contributed by atoms with Crippen molar-refractivity contribution in [3.8, 4) is 5.75 Å². The molecule has 0 N–H and O–H groups in total. The Balaban J connectivity index is 2.12. The topological polar surface area (TPSA) is 18.5 Å². The predicted octanol–water partition coefficient (Wildman–Crippen LogP) is 3.09. The summed E-state index contributed by atoms with van der Waals surface area (Å²) >= 11 is 0. The van der Waals surface area contributed by atoms with E-state index in [2.05, 4.69) is 0 Å². The molecule has 2 rings (SSSR count). The van der Waals surface area contributed by atoms with Crippen molar-refractivity contribution >= 4 is 0 Å². The zero-order valence-electron chi connectivity index (χ0n) is 9.84. The molecule has 0 spiro atoms. The van der Waals surface area contributed by atoms with Crippen LogP contribution in [0, 0.1) is 11.6 Å². The van der Waals surface area contributed by atoms with Crippen molar-refractivity contribution in [1.29, 1.82) is 0 Å². The Morgan fingerprint density at radius 2 is 1.94 bits per heavy atom. The van der Waals surface area contributed by atoms with Gasteiger partial charge in [-0.3, -0.25) is 0 Å². The van der Waals surface area contributed by atoms with Crippen LogP contribution in [0.2, 0.25) is 0 Å². The molecule has 1 aromatic rings. The van der Waals surface area contributed by atoms with Gasteiger partial charge in [-0.25, -0.2) is 8.78 Å². The van der Waals surface area contributed by atoms with Crippen LogP contribution in [0.3, 0.4) is 0 Å². The number of rotatable bonds is 3. The highest BCUT2D eigenvalue weighted by Gasteiger charge is 2.18. The van der Waals surface area contributed by atoms with Gasteiger partial charge in [-0.05, 0) is 18.1 Å². The average Bonchev–Trinajstić information content (AvgIpc) is 2.34. The average molecular weight is 242 g/mol. The maximum atomic E-state index is 13.6. The Morgan fingerprint density at radius 1 is 1.24 bits per heavy atom. The van der Waals surface area contributed by atoms with E-state index in [1.54, 1.807) is 6.92 Å². The lowest BCUT2D eigenvalue weighted by molar-refractivity contribution is 0.0239. The largest absolute Gasteiger partial charge is 0.487 e. The summed E-state index contributed by atoms with van der Waals surface area (Å²) in [4.78, 5) is 0. The van der Waals surface area contributed by atoms with E-state index in [4.69, 9.17) is 9.47 Å². The lowest BCUT2D eigenvalue weighted by Crippen LogP contribution is -2.26. The number of ether oxygens (including phenoxy) is 2. The second kappa shape index (κ2) is 5.45. The van der Waals surface area contributed by atoms with Gasteiger partial charge in [-0.2, -0.15) is 0 Å². The zero-order valence-corrected chi connectivity index (χ0v) is 9.84. The molecule has 1 aliphatic heterocycles. The molecule has 4 heteroatoms. The van der Waals surface area contributed by atoms with Crippen LogP contribution in [0.4, 0.5) is 8.78 Å². The third kappa shape index (κ3) is 2.94. The smallest absolute Gasteiger partial charge is 0.165 e. The van der Waals surface area contributed by atoms with Crippen LogP contribution >= 0.6 is 0 Å². The SMILES string of the molecule is CCc1cc(F)c(OC2CCOCC2)cc1F. The third-order valence-corrected chi connectivity index (χ3v) is 2.94. The molecule has 0 unspecified atom stereocenters. The van der Waals surface area contributed by atoms with E-state index in [0.717, 1.165) is 18.9 Å². The molecule has 0 aromatic heterocycles. The van der Waals surface area contributed by atoms with E-state index in [1.165, 1.54) is 6.07 Å². The van der Waals surface area contributed by atoms with Gasteiger partial charge >= 0.3 is 0 Å². The van der Waals surface area contributed by atoms with Gasteiger partial charge in [0.1, 0.15) is 11.9 Å². The van der Waals surface area contributed by atoms with E-state index in [9.17, 15) is 8.78 Å². The Hall–Kier alpha value is -1.16. The molecule has 17 heavy (non-hydrogen) atoms. The lowest BCUT2D eigenvalue weighted by atomic mass is 10.1. The molecule has 1 fully saturated rings. The minimum atomic E-state index is -0.491. The standard InChI is InChI=1S/C13H16F2O2/c1-2-9-7-12(15)13(8-11(9)14)17-10-3-5-16-6-4-10/h7-8,10H,2-6H2,1H3. The zero-order chi connectivity index (χ0) is 12.3. The second-order valence-corrected chi connectivity index (χ2v) is 4.16.